The third-order valence-corrected chi connectivity index (χ3v) is 2.91. The molecule has 2 saturated heterocycles. The molecular formula is C9H15N5O4. The molecule has 1 unspecified atom stereocenters. The van der Waals surface area contributed by atoms with Gasteiger partial charge in [0.15, 0.2) is 0 Å². The molecule has 0 aliphatic carbocycles. The highest BCUT2D eigenvalue weighted by Gasteiger charge is 2.37. The number of rotatable bonds is 2. The molecule has 2 heterocycles. The highest BCUT2D eigenvalue weighted by atomic mass is 16.7. The number of carbonyl (C=O) groups excluding carboxylic acids is 3. The van der Waals surface area contributed by atoms with E-state index in [9.17, 15) is 14.4 Å². The van der Waals surface area contributed by atoms with Crippen LogP contribution in [0.15, 0.2) is 0 Å². The minimum Gasteiger partial charge on any atom is -0.328 e. The molecule has 1 atom stereocenters. The first kappa shape index (κ1) is 12.9. The van der Waals surface area contributed by atoms with Gasteiger partial charge in [-0.15, -0.1) is 5.06 Å². The topological polar surface area (TPSA) is 122 Å². The van der Waals surface area contributed by atoms with Crippen LogP contribution in [0, 0.1) is 0 Å². The second kappa shape index (κ2) is 4.98. The van der Waals surface area contributed by atoms with E-state index in [4.69, 9.17) is 16.5 Å². The van der Waals surface area contributed by atoms with E-state index in [1.54, 1.807) is 0 Å². The van der Waals surface area contributed by atoms with Gasteiger partial charge < -0.3 is 4.84 Å². The number of imide groups is 1. The van der Waals surface area contributed by atoms with Crippen LogP contribution in [0.2, 0.25) is 0 Å². The van der Waals surface area contributed by atoms with Gasteiger partial charge in [0.2, 0.25) is 0 Å². The van der Waals surface area contributed by atoms with Crippen molar-refractivity contribution < 1.29 is 19.2 Å². The third kappa shape index (κ3) is 2.48. The van der Waals surface area contributed by atoms with Crippen LogP contribution in [-0.4, -0.2) is 58.5 Å². The Balaban J connectivity index is 1.98. The monoisotopic (exact) mass is 257 g/mol. The van der Waals surface area contributed by atoms with E-state index in [1.165, 1.54) is 10.0 Å². The highest BCUT2D eigenvalue weighted by molar-refractivity contribution is 6.01. The zero-order valence-electron chi connectivity index (χ0n) is 9.74. The number of hydrogen-bond donors (Lipinski definition) is 2. The van der Waals surface area contributed by atoms with Gasteiger partial charge in [-0.3, -0.25) is 21.3 Å². The molecule has 0 aromatic heterocycles. The minimum absolute atomic E-state index is 0.0616. The van der Waals surface area contributed by atoms with E-state index in [1.807, 2.05) is 0 Å². The van der Waals surface area contributed by atoms with Crippen molar-refractivity contribution in [2.24, 2.45) is 11.7 Å². The summed E-state index contributed by atoms with van der Waals surface area (Å²) in [6, 6.07) is -0.787. The minimum atomic E-state index is -0.787. The molecule has 2 aliphatic rings. The molecule has 0 spiro atoms. The first-order valence-electron chi connectivity index (χ1n) is 5.57. The van der Waals surface area contributed by atoms with Crippen molar-refractivity contribution in [2.75, 3.05) is 19.6 Å². The summed E-state index contributed by atoms with van der Waals surface area (Å²) in [6.45, 7) is 1.12. The summed E-state index contributed by atoms with van der Waals surface area (Å²) in [6.07, 6.45) is 0.123. The van der Waals surface area contributed by atoms with Crippen molar-refractivity contribution in [3.8, 4) is 0 Å². The van der Waals surface area contributed by atoms with Crippen LogP contribution in [0.4, 0.5) is 0 Å². The van der Waals surface area contributed by atoms with Crippen molar-refractivity contribution >= 4 is 17.8 Å². The van der Waals surface area contributed by atoms with Gasteiger partial charge in [-0.2, -0.15) is 0 Å². The Kier molecular flexibility index (Phi) is 3.57. The van der Waals surface area contributed by atoms with Gasteiger partial charge in [0.1, 0.15) is 6.04 Å². The Morgan fingerprint density at radius 3 is 2.39 bits per heavy atom. The predicted octanol–water partition coefficient (Wildman–Crippen LogP) is -2.67. The molecule has 0 radical (unpaired) electrons. The second-order valence-electron chi connectivity index (χ2n) is 4.24. The number of nitrogens with zero attached hydrogens (tertiary/aromatic N) is 3. The molecule has 0 bridgehead atoms. The lowest BCUT2D eigenvalue weighted by Crippen LogP contribution is -2.61. The van der Waals surface area contributed by atoms with E-state index in [0.717, 1.165) is 0 Å². The molecule has 9 nitrogen and oxygen atoms in total. The number of hydroxylamine groups is 2. The maximum atomic E-state index is 11.8. The van der Waals surface area contributed by atoms with Crippen LogP contribution in [0.5, 0.6) is 0 Å². The van der Waals surface area contributed by atoms with Gasteiger partial charge in [0.25, 0.3) is 11.8 Å². The van der Waals surface area contributed by atoms with Gasteiger partial charge in [0.05, 0.1) is 0 Å². The number of amides is 2. The van der Waals surface area contributed by atoms with Crippen LogP contribution < -0.4 is 11.7 Å². The van der Waals surface area contributed by atoms with Crippen LogP contribution in [0.1, 0.15) is 12.8 Å². The number of hydrazine groups is 2. The number of nitrogens with two attached hydrogens (primary N) is 2. The normalized spacial score (nSPS) is 26.8. The quantitative estimate of drug-likeness (QED) is 0.405. The standard InChI is InChI=1S/C9H15N5O4/c10-12-3-4-13(11)6(5-12)9(17)18-14-7(15)1-2-8(14)16/h6H,1-5,10-11H2. The summed E-state index contributed by atoms with van der Waals surface area (Å²) in [5.41, 5.74) is 0. The molecule has 9 heteroatoms. The SMILES string of the molecule is NN1CCN(N)C(C(=O)ON2C(=O)CCC2=O)C1. The van der Waals surface area contributed by atoms with Crippen LogP contribution >= 0.6 is 0 Å². The summed E-state index contributed by atoms with van der Waals surface area (Å²) in [5, 5.41) is 3.23. The first-order valence-corrected chi connectivity index (χ1v) is 5.57. The molecule has 2 amide bonds. The Morgan fingerprint density at radius 2 is 1.78 bits per heavy atom. The Labute approximate surface area is 103 Å². The molecule has 4 N–H and O–H groups in total. The fourth-order valence-corrected chi connectivity index (χ4v) is 1.84. The zero-order valence-corrected chi connectivity index (χ0v) is 9.74. The van der Waals surface area contributed by atoms with Gasteiger partial charge in [0, 0.05) is 32.5 Å². The predicted molar refractivity (Wildman–Crippen MR) is 57.6 cm³/mol. The van der Waals surface area contributed by atoms with Crippen molar-refractivity contribution in [3.05, 3.63) is 0 Å². The van der Waals surface area contributed by atoms with Crippen molar-refractivity contribution in [2.45, 2.75) is 18.9 Å². The molecule has 2 aliphatic heterocycles. The highest BCUT2D eigenvalue weighted by Crippen LogP contribution is 2.14. The number of piperazine rings is 1. The number of carbonyl (C=O) groups is 3. The zero-order chi connectivity index (χ0) is 13.3. The lowest BCUT2D eigenvalue weighted by atomic mass is 10.2. The summed E-state index contributed by atoms with van der Waals surface area (Å²) in [4.78, 5) is 39.2. The maximum absolute atomic E-state index is 11.8. The molecule has 2 fully saturated rings. The Bertz CT molecular complexity index is 371. The average molecular weight is 257 g/mol. The van der Waals surface area contributed by atoms with Gasteiger partial charge >= 0.3 is 5.97 Å². The Morgan fingerprint density at radius 1 is 1.17 bits per heavy atom. The van der Waals surface area contributed by atoms with Gasteiger partial charge in [-0.05, 0) is 0 Å². The molecule has 0 aromatic rings. The lowest BCUT2D eigenvalue weighted by Gasteiger charge is -2.35. The second-order valence-corrected chi connectivity index (χ2v) is 4.24. The van der Waals surface area contributed by atoms with Crippen molar-refractivity contribution in [3.63, 3.8) is 0 Å². The van der Waals surface area contributed by atoms with Crippen LogP contribution in [0.25, 0.3) is 0 Å². The number of hydrogen-bond acceptors (Lipinski definition) is 8. The van der Waals surface area contributed by atoms with Crippen molar-refractivity contribution in [1.82, 2.24) is 15.1 Å². The average Bonchev–Trinajstić information content (AvgIpc) is 2.64. The first-order chi connectivity index (χ1) is 8.49. The van der Waals surface area contributed by atoms with Crippen LogP contribution in [-0.2, 0) is 19.2 Å². The van der Waals surface area contributed by atoms with E-state index < -0.39 is 23.8 Å². The molecule has 2 rings (SSSR count). The summed E-state index contributed by atoms with van der Waals surface area (Å²) >= 11 is 0. The molecular weight excluding hydrogens is 242 g/mol. The fraction of sp³-hybridized carbons (Fsp3) is 0.667. The van der Waals surface area contributed by atoms with Crippen molar-refractivity contribution in [1.29, 1.82) is 0 Å². The summed E-state index contributed by atoms with van der Waals surface area (Å²) in [5.74, 6) is 9.45. The lowest BCUT2D eigenvalue weighted by molar-refractivity contribution is -0.202. The van der Waals surface area contributed by atoms with E-state index in [2.05, 4.69) is 0 Å². The third-order valence-electron chi connectivity index (χ3n) is 2.91. The summed E-state index contributed by atoms with van der Waals surface area (Å²) < 4.78 is 0. The smallest absolute Gasteiger partial charge is 0.328 e. The van der Waals surface area contributed by atoms with Crippen LogP contribution in [0.3, 0.4) is 0 Å². The largest absolute Gasteiger partial charge is 0.352 e. The molecule has 18 heavy (non-hydrogen) atoms. The fourth-order valence-electron chi connectivity index (χ4n) is 1.84. The molecule has 0 aromatic carbocycles. The summed E-state index contributed by atoms with van der Waals surface area (Å²) in [7, 11) is 0. The maximum Gasteiger partial charge on any atom is 0.352 e. The Hall–Kier alpha value is -1.55. The van der Waals surface area contributed by atoms with E-state index in [-0.39, 0.29) is 19.4 Å². The van der Waals surface area contributed by atoms with Gasteiger partial charge in [-0.1, -0.05) is 0 Å². The molecule has 0 saturated carbocycles. The van der Waals surface area contributed by atoms with Gasteiger partial charge in [-0.25, -0.2) is 14.8 Å². The molecule has 100 valence electrons. The van der Waals surface area contributed by atoms with E-state index >= 15 is 0 Å². The van der Waals surface area contributed by atoms with E-state index in [0.29, 0.717) is 18.2 Å².